The number of benzene rings is 2. The number of rotatable bonds is 5. The molecule has 0 N–H and O–H groups in total. The molecule has 1 aliphatic heterocycles. The second-order valence-corrected chi connectivity index (χ2v) is 6.96. The van der Waals surface area contributed by atoms with E-state index < -0.39 is 0 Å². The molecule has 3 heteroatoms. The number of likely N-dealkylation sites (tertiary alicyclic amines) is 1. The van der Waals surface area contributed by atoms with Crippen LogP contribution in [-0.4, -0.2) is 23.5 Å². The first-order valence-electron chi connectivity index (χ1n) is 9.34. The highest BCUT2D eigenvalue weighted by atomic mass is 15.2. The first kappa shape index (κ1) is 16.8. The first-order valence-corrected chi connectivity index (χ1v) is 9.34. The molecule has 1 aliphatic rings. The Labute approximate surface area is 155 Å². The topological polar surface area (TPSA) is 19.4 Å². The van der Waals surface area contributed by atoms with Gasteiger partial charge in [-0.05, 0) is 48.7 Å². The fourth-order valence-electron chi connectivity index (χ4n) is 3.79. The van der Waals surface area contributed by atoms with Crippen LogP contribution in [0.25, 0.3) is 0 Å². The Morgan fingerprint density at radius 3 is 2.38 bits per heavy atom. The Hall–Kier alpha value is -2.65. The lowest BCUT2D eigenvalue weighted by molar-refractivity contribution is 0.248. The molecule has 2 heterocycles. The molecule has 0 amide bonds. The van der Waals surface area contributed by atoms with E-state index in [2.05, 4.69) is 89.8 Å². The first-order chi connectivity index (χ1) is 12.8. The van der Waals surface area contributed by atoms with Gasteiger partial charge in [0.1, 0.15) is 5.82 Å². The van der Waals surface area contributed by atoms with Crippen LogP contribution in [-0.2, 0) is 6.54 Å². The van der Waals surface area contributed by atoms with Gasteiger partial charge in [0.25, 0.3) is 0 Å². The average molecular weight is 343 g/mol. The van der Waals surface area contributed by atoms with E-state index >= 15 is 0 Å². The number of nitrogens with zero attached hydrogens (tertiary/aromatic N) is 3. The van der Waals surface area contributed by atoms with Crippen molar-refractivity contribution >= 4 is 11.5 Å². The maximum absolute atomic E-state index is 4.74. The van der Waals surface area contributed by atoms with Crippen molar-refractivity contribution in [1.82, 2.24) is 9.88 Å². The second-order valence-electron chi connectivity index (χ2n) is 6.96. The summed E-state index contributed by atoms with van der Waals surface area (Å²) < 4.78 is 0. The molecule has 1 aromatic heterocycles. The van der Waals surface area contributed by atoms with E-state index in [0.29, 0.717) is 6.04 Å². The average Bonchev–Trinajstić information content (AvgIpc) is 3.17. The van der Waals surface area contributed by atoms with Crippen molar-refractivity contribution in [2.75, 3.05) is 18.5 Å². The molecule has 1 fully saturated rings. The highest BCUT2D eigenvalue weighted by molar-refractivity contribution is 5.58. The smallest absolute Gasteiger partial charge is 0.132 e. The van der Waals surface area contributed by atoms with Gasteiger partial charge >= 0.3 is 0 Å². The highest BCUT2D eigenvalue weighted by Crippen LogP contribution is 2.33. The third kappa shape index (κ3) is 3.63. The van der Waals surface area contributed by atoms with E-state index in [-0.39, 0.29) is 0 Å². The molecule has 4 rings (SSSR count). The van der Waals surface area contributed by atoms with Gasteiger partial charge in [-0.3, -0.25) is 4.90 Å². The van der Waals surface area contributed by atoms with Gasteiger partial charge in [-0.1, -0.05) is 54.6 Å². The van der Waals surface area contributed by atoms with Gasteiger partial charge in [-0.15, -0.1) is 0 Å². The Balaban J connectivity index is 1.49. The molecule has 2 aromatic carbocycles. The molecule has 132 valence electrons. The van der Waals surface area contributed by atoms with Crippen LogP contribution in [0, 0.1) is 0 Å². The molecule has 3 nitrogen and oxygen atoms in total. The van der Waals surface area contributed by atoms with E-state index in [1.54, 1.807) is 0 Å². The lowest BCUT2D eigenvalue weighted by atomic mass is 10.1. The van der Waals surface area contributed by atoms with Crippen LogP contribution in [0.3, 0.4) is 0 Å². The Bertz CT molecular complexity index is 815. The number of hydrogen-bond acceptors (Lipinski definition) is 3. The molecule has 3 aromatic rings. The maximum atomic E-state index is 4.74. The summed E-state index contributed by atoms with van der Waals surface area (Å²) in [5, 5.41) is 0. The van der Waals surface area contributed by atoms with Gasteiger partial charge in [0, 0.05) is 31.5 Å². The summed E-state index contributed by atoms with van der Waals surface area (Å²) in [6, 6.07) is 26.0. The van der Waals surface area contributed by atoms with Crippen LogP contribution in [0.2, 0.25) is 0 Å². The fraction of sp³-hybridized carbons (Fsp3) is 0.261. The Morgan fingerprint density at radius 1 is 0.962 bits per heavy atom. The van der Waals surface area contributed by atoms with Crippen molar-refractivity contribution in [3.63, 3.8) is 0 Å². The van der Waals surface area contributed by atoms with E-state index in [0.717, 1.165) is 24.6 Å². The number of aromatic nitrogens is 1. The summed E-state index contributed by atoms with van der Waals surface area (Å²) in [6.07, 6.45) is 4.52. The van der Waals surface area contributed by atoms with Gasteiger partial charge in [0.05, 0.1) is 0 Å². The van der Waals surface area contributed by atoms with Crippen LogP contribution in [0.5, 0.6) is 0 Å². The molecular formula is C23H25N3. The van der Waals surface area contributed by atoms with Gasteiger partial charge < -0.3 is 4.90 Å². The zero-order valence-corrected chi connectivity index (χ0v) is 15.3. The van der Waals surface area contributed by atoms with Crippen LogP contribution >= 0.6 is 0 Å². The standard InChI is InChI=1S/C23H25N3/c1-25(21-11-6-3-7-12-21)23-15-14-20(17-24-23)22-13-8-16-26(22)18-19-9-4-2-5-10-19/h2-7,9-12,14-15,17,22H,8,13,16,18H2,1H3/t22-/m0/s1. The van der Waals surface area contributed by atoms with Gasteiger partial charge in [0.15, 0.2) is 0 Å². The molecule has 0 radical (unpaired) electrons. The third-order valence-corrected chi connectivity index (χ3v) is 5.23. The Morgan fingerprint density at radius 2 is 1.69 bits per heavy atom. The van der Waals surface area contributed by atoms with Crippen LogP contribution in [0.15, 0.2) is 79.0 Å². The van der Waals surface area contributed by atoms with Crippen LogP contribution in [0.4, 0.5) is 11.5 Å². The van der Waals surface area contributed by atoms with Crippen molar-refractivity contribution in [2.45, 2.75) is 25.4 Å². The minimum absolute atomic E-state index is 0.471. The SMILES string of the molecule is CN(c1ccccc1)c1ccc([C@@H]2CCCN2Cc2ccccc2)cn1. The fourth-order valence-corrected chi connectivity index (χ4v) is 3.79. The molecule has 0 unspecified atom stereocenters. The summed E-state index contributed by atoms with van der Waals surface area (Å²) in [7, 11) is 2.06. The van der Waals surface area contributed by atoms with Crippen molar-refractivity contribution in [3.05, 3.63) is 90.1 Å². The lowest BCUT2D eigenvalue weighted by Crippen LogP contribution is -2.23. The van der Waals surface area contributed by atoms with Crippen molar-refractivity contribution < 1.29 is 0 Å². The maximum Gasteiger partial charge on any atom is 0.132 e. The van der Waals surface area contributed by atoms with Crippen molar-refractivity contribution in [1.29, 1.82) is 0 Å². The highest BCUT2D eigenvalue weighted by Gasteiger charge is 2.26. The molecule has 26 heavy (non-hydrogen) atoms. The largest absolute Gasteiger partial charge is 0.329 e. The van der Waals surface area contributed by atoms with Gasteiger partial charge in [-0.25, -0.2) is 4.98 Å². The quantitative estimate of drug-likeness (QED) is 0.636. The van der Waals surface area contributed by atoms with E-state index in [1.165, 1.54) is 24.0 Å². The van der Waals surface area contributed by atoms with E-state index in [1.807, 2.05) is 6.07 Å². The summed E-state index contributed by atoms with van der Waals surface area (Å²) >= 11 is 0. The molecule has 0 bridgehead atoms. The van der Waals surface area contributed by atoms with Crippen molar-refractivity contribution in [3.8, 4) is 0 Å². The summed E-state index contributed by atoms with van der Waals surface area (Å²) in [6.45, 7) is 2.17. The molecule has 0 aliphatic carbocycles. The predicted octanol–water partition coefficient (Wildman–Crippen LogP) is 5.19. The number of pyridine rings is 1. The molecule has 1 saturated heterocycles. The molecular weight excluding hydrogens is 318 g/mol. The normalized spacial score (nSPS) is 17.3. The number of para-hydroxylation sites is 1. The van der Waals surface area contributed by atoms with Gasteiger partial charge in [0.2, 0.25) is 0 Å². The number of hydrogen-bond donors (Lipinski definition) is 0. The van der Waals surface area contributed by atoms with Gasteiger partial charge in [-0.2, -0.15) is 0 Å². The monoisotopic (exact) mass is 343 g/mol. The third-order valence-electron chi connectivity index (χ3n) is 5.23. The lowest BCUT2D eigenvalue weighted by Gasteiger charge is -2.25. The Kier molecular flexibility index (Phi) is 4.98. The summed E-state index contributed by atoms with van der Waals surface area (Å²) in [5.41, 5.74) is 3.86. The minimum atomic E-state index is 0.471. The predicted molar refractivity (Wildman–Crippen MR) is 108 cm³/mol. The minimum Gasteiger partial charge on any atom is -0.329 e. The second kappa shape index (κ2) is 7.71. The van der Waals surface area contributed by atoms with E-state index in [4.69, 9.17) is 4.98 Å². The summed E-state index contributed by atoms with van der Waals surface area (Å²) in [5.74, 6) is 0.979. The molecule has 0 spiro atoms. The zero-order valence-electron chi connectivity index (χ0n) is 15.3. The van der Waals surface area contributed by atoms with Crippen molar-refractivity contribution in [2.24, 2.45) is 0 Å². The van der Waals surface area contributed by atoms with Crippen LogP contribution < -0.4 is 4.90 Å². The number of anilines is 2. The van der Waals surface area contributed by atoms with E-state index in [9.17, 15) is 0 Å². The zero-order chi connectivity index (χ0) is 17.8. The molecule has 1 atom stereocenters. The van der Waals surface area contributed by atoms with Crippen LogP contribution in [0.1, 0.15) is 30.0 Å². The summed E-state index contributed by atoms with van der Waals surface area (Å²) in [4.78, 5) is 9.44. The molecule has 0 saturated carbocycles.